The fourth-order valence-electron chi connectivity index (χ4n) is 2.82. The van der Waals surface area contributed by atoms with Gasteiger partial charge in [-0.3, -0.25) is 9.59 Å². The minimum Gasteiger partial charge on any atom is -0.493 e. The van der Waals surface area contributed by atoms with Crippen LogP contribution in [0.1, 0.15) is 31.1 Å². The van der Waals surface area contributed by atoms with Gasteiger partial charge in [0.05, 0.1) is 32.5 Å². The van der Waals surface area contributed by atoms with Crippen LogP contribution in [0.2, 0.25) is 0 Å². The Kier molecular flexibility index (Phi) is 4.98. The zero-order valence-electron chi connectivity index (χ0n) is 15.0. The lowest BCUT2D eigenvalue weighted by Crippen LogP contribution is -2.33. The van der Waals surface area contributed by atoms with Crippen molar-refractivity contribution in [3.63, 3.8) is 0 Å². The van der Waals surface area contributed by atoms with Crippen molar-refractivity contribution in [1.29, 1.82) is 0 Å². The number of fused-ring (bicyclic) bond motifs is 1. The van der Waals surface area contributed by atoms with Gasteiger partial charge in [-0.15, -0.1) is 0 Å². The number of rotatable bonds is 6. The molecule has 2 amide bonds. The highest BCUT2D eigenvalue weighted by atomic mass is 16.6. The number of hydrogen-bond acceptors (Lipinski definition) is 7. The highest BCUT2D eigenvalue weighted by molar-refractivity contribution is 6.21. The van der Waals surface area contributed by atoms with E-state index in [1.165, 1.54) is 33.5 Å². The molecule has 1 aliphatic rings. The van der Waals surface area contributed by atoms with Crippen molar-refractivity contribution in [3.8, 4) is 17.2 Å². The molecule has 3 rings (SSSR count). The third-order valence-electron chi connectivity index (χ3n) is 4.13. The first-order valence-electron chi connectivity index (χ1n) is 7.94. The maximum absolute atomic E-state index is 12.5. The summed E-state index contributed by atoms with van der Waals surface area (Å²) in [6.45, 7) is -0.511. The molecule has 0 saturated carbocycles. The van der Waals surface area contributed by atoms with Gasteiger partial charge in [-0.1, -0.05) is 12.1 Å². The summed E-state index contributed by atoms with van der Waals surface area (Å²) >= 11 is 0. The second-order valence-electron chi connectivity index (χ2n) is 5.53. The second-order valence-corrected chi connectivity index (χ2v) is 5.53. The van der Waals surface area contributed by atoms with E-state index in [0.29, 0.717) is 5.75 Å². The number of esters is 1. The topological polar surface area (TPSA) is 91.4 Å². The Labute approximate surface area is 155 Å². The number of nitrogens with zero attached hydrogens (tertiary/aromatic N) is 1. The molecule has 0 spiro atoms. The van der Waals surface area contributed by atoms with E-state index in [0.717, 1.165) is 4.90 Å². The smallest absolute Gasteiger partial charge is 0.343 e. The monoisotopic (exact) mass is 371 g/mol. The first-order valence-corrected chi connectivity index (χ1v) is 7.94. The molecule has 0 unspecified atom stereocenters. The van der Waals surface area contributed by atoms with Crippen LogP contribution in [0.4, 0.5) is 0 Å². The largest absolute Gasteiger partial charge is 0.493 e. The summed E-state index contributed by atoms with van der Waals surface area (Å²) in [6, 6.07) is 9.40. The van der Waals surface area contributed by atoms with Crippen LogP contribution in [0.5, 0.6) is 17.2 Å². The molecule has 0 aromatic heterocycles. The second kappa shape index (κ2) is 7.36. The summed E-state index contributed by atoms with van der Waals surface area (Å²) in [7, 11) is 4.24. The van der Waals surface area contributed by atoms with Crippen LogP contribution >= 0.6 is 0 Å². The maximum atomic E-state index is 12.5. The Morgan fingerprint density at radius 1 is 0.852 bits per heavy atom. The van der Waals surface area contributed by atoms with Crippen LogP contribution < -0.4 is 14.2 Å². The number of benzene rings is 2. The SMILES string of the molecule is COc1ccc(C(=O)OCN2C(=O)c3ccccc3C2=O)c(OC)c1OC. The third-order valence-corrected chi connectivity index (χ3v) is 4.13. The molecule has 0 N–H and O–H groups in total. The first-order chi connectivity index (χ1) is 13.0. The normalized spacial score (nSPS) is 12.6. The number of ether oxygens (including phenoxy) is 4. The van der Waals surface area contributed by atoms with Gasteiger partial charge in [-0.05, 0) is 24.3 Å². The van der Waals surface area contributed by atoms with Crippen molar-refractivity contribution in [1.82, 2.24) is 4.90 Å². The predicted molar refractivity (Wildman–Crippen MR) is 93.3 cm³/mol. The van der Waals surface area contributed by atoms with Crippen LogP contribution in [0.15, 0.2) is 36.4 Å². The van der Waals surface area contributed by atoms with Crippen LogP contribution in [0, 0.1) is 0 Å². The molecule has 27 heavy (non-hydrogen) atoms. The molecule has 2 aromatic rings. The van der Waals surface area contributed by atoms with E-state index >= 15 is 0 Å². The number of carbonyl (C=O) groups excluding carboxylic acids is 3. The molecule has 1 heterocycles. The fourth-order valence-corrected chi connectivity index (χ4v) is 2.82. The van der Waals surface area contributed by atoms with Gasteiger partial charge in [0.2, 0.25) is 5.75 Å². The van der Waals surface area contributed by atoms with E-state index in [4.69, 9.17) is 18.9 Å². The van der Waals surface area contributed by atoms with Gasteiger partial charge in [-0.2, -0.15) is 0 Å². The van der Waals surface area contributed by atoms with E-state index in [1.807, 2.05) is 0 Å². The molecule has 0 bridgehead atoms. The lowest BCUT2D eigenvalue weighted by molar-refractivity contribution is 0.0225. The van der Waals surface area contributed by atoms with Gasteiger partial charge in [0.25, 0.3) is 11.8 Å². The Morgan fingerprint density at radius 3 is 1.96 bits per heavy atom. The molecule has 1 aliphatic heterocycles. The molecule has 140 valence electrons. The number of amides is 2. The van der Waals surface area contributed by atoms with Crippen LogP contribution in [-0.4, -0.2) is 50.7 Å². The van der Waals surface area contributed by atoms with Gasteiger partial charge in [0.15, 0.2) is 18.2 Å². The van der Waals surface area contributed by atoms with Crippen molar-refractivity contribution in [2.45, 2.75) is 0 Å². The summed E-state index contributed by atoms with van der Waals surface area (Å²) in [4.78, 5) is 38.0. The Bertz CT molecular complexity index is 887. The Hall–Kier alpha value is -3.55. The highest BCUT2D eigenvalue weighted by Crippen LogP contribution is 2.40. The van der Waals surface area contributed by atoms with E-state index < -0.39 is 24.5 Å². The van der Waals surface area contributed by atoms with Crippen molar-refractivity contribution >= 4 is 17.8 Å². The standard InChI is InChI=1S/C19H17NO7/c1-24-14-9-8-13(15(25-2)16(14)26-3)19(23)27-10-20-17(21)11-6-4-5-7-12(11)18(20)22/h4-9H,10H2,1-3H3. The van der Waals surface area contributed by atoms with Gasteiger partial charge in [0.1, 0.15) is 5.56 Å². The molecule has 8 nitrogen and oxygen atoms in total. The van der Waals surface area contributed by atoms with Gasteiger partial charge in [0, 0.05) is 0 Å². The summed E-state index contributed by atoms with van der Waals surface area (Å²) in [5.41, 5.74) is 0.635. The van der Waals surface area contributed by atoms with Crippen LogP contribution in [-0.2, 0) is 4.74 Å². The zero-order chi connectivity index (χ0) is 19.6. The average molecular weight is 371 g/mol. The molecular weight excluding hydrogens is 354 g/mol. The van der Waals surface area contributed by atoms with Crippen molar-refractivity contribution in [2.75, 3.05) is 28.1 Å². The van der Waals surface area contributed by atoms with Gasteiger partial charge < -0.3 is 18.9 Å². The maximum Gasteiger partial charge on any atom is 0.343 e. The van der Waals surface area contributed by atoms with Crippen LogP contribution in [0.3, 0.4) is 0 Å². The van der Waals surface area contributed by atoms with E-state index in [9.17, 15) is 14.4 Å². The molecule has 2 aromatic carbocycles. The van der Waals surface area contributed by atoms with Crippen molar-refractivity contribution in [2.24, 2.45) is 0 Å². The van der Waals surface area contributed by atoms with E-state index in [1.54, 1.807) is 24.3 Å². The number of carbonyl (C=O) groups is 3. The third kappa shape index (κ3) is 3.05. The van der Waals surface area contributed by atoms with E-state index in [2.05, 4.69) is 0 Å². The minimum atomic E-state index is -0.774. The zero-order valence-corrected chi connectivity index (χ0v) is 15.0. The highest BCUT2D eigenvalue weighted by Gasteiger charge is 2.36. The Morgan fingerprint density at radius 2 is 1.44 bits per heavy atom. The Balaban J connectivity index is 1.80. The lowest BCUT2D eigenvalue weighted by atomic mass is 10.1. The molecular formula is C19H17NO7. The summed E-state index contributed by atoms with van der Waals surface area (Å²) in [6.07, 6.45) is 0. The summed E-state index contributed by atoms with van der Waals surface area (Å²) in [5, 5.41) is 0. The molecule has 8 heteroatoms. The van der Waals surface area contributed by atoms with E-state index in [-0.39, 0.29) is 28.2 Å². The molecule has 0 radical (unpaired) electrons. The molecule has 0 aliphatic carbocycles. The van der Waals surface area contributed by atoms with Gasteiger partial charge >= 0.3 is 5.97 Å². The molecule has 0 atom stereocenters. The lowest BCUT2D eigenvalue weighted by Gasteiger charge is -2.17. The average Bonchev–Trinajstić information content (AvgIpc) is 2.95. The van der Waals surface area contributed by atoms with Crippen molar-refractivity contribution in [3.05, 3.63) is 53.1 Å². The first kappa shape index (κ1) is 18.2. The number of methoxy groups -OCH3 is 3. The number of imide groups is 1. The molecule has 0 fully saturated rings. The van der Waals surface area contributed by atoms with Crippen LogP contribution in [0.25, 0.3) is 0 Å². The summed E-state index contributed by atoms with van der Waals surface area (Å²) in [5.74, 6) is -1.06. The number of hydrogen-bond donors (Lipinski definition) is 0. The predicted octanol–water partition coefficient (Wildman–Crippen LogP) is 2.12. The minimum absolute atomic E-state index is 0.0757. The molecule has 0 saturated heterocycles. The quantitative estimate of drug-likeness (QED) is 0.567. The van der Waals surface area contributed by atoms with Crippen molar-refractivity contribution < 1.29 is 33.3 Å². The summed E-state index contributed by atoms with van der Waals surface area (Å²) < 4.78 is 20.8. The van der Waals surface area contributed by atoms with Gasteiger partial charge in [-0.25, -0.2) is 9.69 Å². The fraction of sp³-hybridized carbons (Fsp3) is 0.211.